The molecule has 5 heteroatoms. The molecule has 0 bridgehead atoms. The molecular weight excluding hydrogens is 256 g/mol. The number of nitrogens with zero attached hydrogens (tertiary/aromatic N) is 1. The summed E-state index contributed by atoms with van der Waals surface area (Å²) in [4.78, 5) is 16.0. The maximum absolute atomic E-state index is 11.8. The summed E-state index contributed by atoms with van der Waals surface area (Å²) in [5.74, 6) is 0.241. The van der Waals surface area contributed by atoms with E-state index >= 15 is 0 Å². The molecule has 0 spiro atoms. The van der Waals surface area contributed by atoms with Gasteiger partial charge in [-0.1, -0.05) is 19.8 Å². The van der Waals surface area contributed by atoms with Crippen molar-refractivity contribution >= 4 is 11.7 Å². The second-order valence-electron chi connectivity index (χ2n) is 4.89. The molecule has 0 aliphatic carbocycles. The zero-order valence-electron chi connectivity index (χ0n) is 12.7. The number of ether oxygens (including phenoxy) is 2. The summed E-state index contributed by atoms with van der Waals surface area (Å²) in [6, 6.07) is 3.29. The van der Waals surface area contributed by atoms with Gasteiger partial charge >= 0.3 is 5.97 Å². The molecule has 1 atom stereocenters. The molecule has 0 fully saturated rings. The highest BCUT2D eigenvalue weighted by atomic mass is 16.5. The SMILES string of the molecule is CCCCC(Nc1cccnc1OC(C)C)C(=O)OC. The maximum atomic E-state index is 11.8. The third kappa shape index (κ3) is 5.07. The van der Waals surface area contributed by atoms with Crippen LogP contribution in [0, 0.1) is 0 Å². The third-order valence-electron chi connectivity index (χ3n) is 2.78. The number of pyridine rings is 1. The molecule has 0 saturated carbocycles. The molecule has 1 N–H and O–H groups in total. The van der Waals surface area contributed by atoms with Crippen molar-refractivity contribution < 1.29 is 14.3 Å². The number of nitrogens with one attached hydrogen (secondary N) is 1. The summed E-state index contributed by atoms with van der Waals surface area (Å²) in [7, 11) is 1.40. The number of unbranched alkanes of at least 4 members (excludes halogenated alkanes) is 1. The van der Waals surface area contributed by atoms with Crippen molar-refractivity contribution in [3.8, 4) is 5.88 Å². The van der Waals surface area contributed by atoms with Gasteiger partial charge in [-0.25, -0.2) is 9.78 Å². The summed E-state index contributed by atoms with van der Waals surface area (Å²) in [6.45, 7) is 5.96. The third-order valence-corrected chi connectivity index (χ3v) is 2.78. The predicted molar refractivity (Wildman–Crippen MR) is 79.0 cm³/mol. The lowest BCUT2D eigenvalue weighted by Gasteiger charge is -2.19. The first-order valence-electron chi connectivity index (χ1n) is 7.04. The van der Waals surface area contributed by atoms with Crippen LogP contribution in [0.2, 0.25) is 0 Å². The van der Waals surface area contributed by atoms with Gasteiger partial charge in [0.1, 0.15) is 6.04 Å². The van der Waals surface area contributed by atoms with Gasteiger partial charge in [-0.3, -0.25) is 0 Å². The van der Waals surface area contributed by atoms with Gasteiger partial charge in [0, 0.05) is 6.20 Å². The van der Waals surface area contributed by atoms with E-state index in [9.17, 15) is 4.79 Å². The lowest BCUT2D eigenvalue weighted by molar-refractivity contribution is -0.141. The summed E-state index contributed by atoms with van der Waals surface area (Å²) >= 11 is 0. The molecule has 0 aliphatic heterocycles. The minimum atomic E-state index is -0.376. The molecule has 1 aromatic heterocycles. The predicted octanol–water partition coefficient (Wildman–Crippen LogP) is 3.01. The fourth-order valence-electron chi connectivity index (χ4n) is 1.81. The lowest BCUT2D eigenvalue weighted by atomic mass is 10.1. The fourth-order valence-corrected chi connectivity index (χ4v) is 1.81. The van der Waals surface area contributed by atoms with E-state index in [0.717, 1.165) is 19.3 Å². The Balaban J connectivity index is 2.84. The van der Waals surface area contributed by atoms with E-state index < -0.39 is 0 Å². The fraction of sp³-hybridized carbons (Fsp3) is 0.600. The van der Waals surface area contributed by atoms with Crippen LogP contribution >= 0.6 is 0 Å². The Morgan fingerprint density at radius 1 is 1.45 bits per heavy atom. The Hall–Kier alpha value is -1.78. The zero-order valence-corrected chi connectivity index (χ0v) is 12.7. The molecule has 1 heterocycles. The summed E-state index contributed by atoms with van der Waals surface area (Å²) in [5.41, 5.74) is 0.715. The number of aromatic nitrogens is 1. The van der Waals surface area contributed by atoms with Crippen LogP contribution in [0.25, 0.3) is 0 Å². The Morgan fingerprint density at radius 2 is 2.20 bits per heavy atom. The standard InChI is InChI=1S/C15H24N2O3/c1-5-6-8-13(15(18)19-4)17-12-9-7-10-16-14(12)20-11(2)3/h7,9-11,13,17H,5-6,8H2,1-4H3. The van der Waals surface area contributed by atoms with Crippen LogP contribution in [0.1, 0.15) is 40.0 Å². The van der Waals surface area contributed by atoms with Crippen molar-refractivity contribution in [2.45, 2.75) is 52.2 Å². The van der Waals surface area contributed by atoms with E-state index in [-0.39, 0.29) is 18.1 Å². The monoisotopic (exact) mass is 280 g/mol. The van der Waals surface area contributed by atoms with E-state index in [1.807, 2.05) is 26.0 Å². The van der Waals surface area contributed by atoms with Crippen LogP contribution in [-0.2, 0) is 9.53 Å². The van der Waals surface area contributed by atoms with Gasteiger partial charge in [0.15, 0.2) is 0 Å². The Labute approximate surface area is 120 Å². The van der Waals surface area contributed by atoms with Crippen molar-refractivity contribution in [3.05, 3.63) is 18.3 Å². The number of esters is 1. The van der Waals surface area contributed by atoms with Gasteiger partial charge in [-0.2, -0.15) is 0 Å². The Bertz CT molecular complexity index is 421. The van der Waals surface area contributed by atoms with Crippen LogP contribution in [-0.4, -0.2) is 30.2 Å². The molecule has 20 heavy (non-hydrogen) atoms. The molecule has 1 aromatic rings. The average Bonchev–Trinajstić information content (AvgIpc) is 2.43. The highest BCUT2D eigenvalue weighted by Gasteiger charge is 2.20. The molecule has 1 unspecified atom stereocenters. The van der Waals surface area contributed by atoms with E-state index in [1.54, 1.807) is 6.20 Å². The van der Waals surface area contributed by atoms with E-state index in [1.165, 1.54) is 7.11 Å². The first-order chi connectivity index (χ1) is 9.58. The summed E-state index contributed by atoms with van der Waals surface area (Å²) in [5, 5.41) is 3.18. The number of carbonyl (C=O) groups is 1. The molecule has 1 rings (SSSR count). The number of methoxy groups -OCH3 is 1. The number of carbonyl (C=O) groups excluding carboxylic acids is 1. The first kappa shape index (κ1) is 16.3. The number of anilines is 1. The van der Waals surface area contributed by atoms with Crippen molar-refractivity contribution in [2.24, 2.45) is 0 Å². The minimum Gasteiger partial charge on any atom is -0.473 e. The quantitative estimate of drug-likeness (QED) is 0.742. The summed E-state index contributed by atoms with van der Waals surface area (Å²) in [6.07, 6.45) is 4.39. The largest absolute Gasteiger partial charge is 0.473 e. The van der Waals surface area contributed by atoms with Crippen molar-refractivity contribution in [1.29, 1.82) is 0 Å². The van der Waals surface area contributed by atoms with E-state index in [4.69, 9.17) is 9.47 Å². The van der Waals surface area contributed by atoms with Crippen LogP contribution in [0.5, 0.6) is 5.88 Å². The van der Waals surface area contributed by atoms with Gasteiger partial charge in [0.05, 0.1) is 18.9 Å². The van der Waals surface area contributed by atoms with Gasteiger partial charge in [-0.05, 0) is 32.4 Å². The average molecular weight is 280 g/mol. The van der Waals surface area contributed by atoms with Crippen molar-refractivity contribution in [2.75, 3.05) is 12.4 Å². The highest BCUT2D eigenvalue weighted by molar-refractivity contribution is 5.79. The Morgan fingerprint density at radius 3 is 2.80 bits per heavy atom. The minimum absolute atomic E-state index is 0.0256. The van der Waals surface area contributed by atoms with Gasteiger partial charge in [0.2, 0.25) is 5.88 Å². The first-order valence-corrected chi connectivity index (χ1v) is 7.04. The number of hydrogen-bond donors (Lipinski definition) is 1. The molecule has 0 aromatic carbocycles. The molecule has 5 nitrogen and oxygen atoms in total. The lowest BCUT2D eigenvalue weighted by Crippen LogP contribution is -2.31. The molecule has 0 saturated heterocycles. The molecule has 0 aliphatic rings. The van der Waals surface area contributed by atoms with Crippen molar-refractivity contribution in [1.82, 2.24) is 4.98 Å². The van der Waals surface area contributed by atoms with Gasteiger partial charge in [-0.15, -0.1) is 0 Å². The van der Waals surface area contributed by atoms with E-state index in [2.05, 4.69) is 17.2 Å². The highest BCUT2D eigenvalue weighted by Crippen LogP contribution is 2.23. The maximum Gasteiger partial charge on any atom is 0.328 e. The molecule has 0 amide bonds. The van der Waals surface area contributed by atoms with Crippen molar-refractivity contribution in [3.63, 3.8) is 0 Å². The molecular formula is C15H24N2O3. The summed E-state index contributed by atoms with van der Waals surface area (Å²) < 4.78 is 10.5. The molecule has 0 radical (unpaired) electrons. The number of hydrogen-bond acceptors (Lipinski definition) is 5. The normalized spacial score (nSPS) is 12.1. The number of rotatable bonds is 8. The second kappa shape index (κ2) is 8.40. The van der Waals surface area contributed by atoms with Crippen LogP contribution in [0.4, 0.5) is 5.69 Å². The second-order valence-corrected chi connectivity index (χ2v) is 4.89. The van der Waals surface area contributed by atoms with Crippen LogP contribution in [0.3, 0.4) is 0 Å². The zero-order chi connectivity index (χ0) is 15.0. The van der Waals surface area contributed by atoms with Crippen LogP contribution < -0.4 is 10.1 Å². The topological polar surface area (TPSA) is 60.5 Å². The van der Waals surface area contributed by atoms with Crippen LogP contribution in [0.15, 0.2) is 18.3 Å². The van der Waals surface area contributed by atoms with Gasteiger partial charge in [0.25, 0.3) is 0 Å². The van der Waals surface area contributed by atoms with Gasteiger partial charge < -0.3 is 14.8 Å². The molecule has 112 valence electrons. The smallest absolute Gasteiger partial charge is 0.328 e. The van der Waals surface area contributed by atoms with E-state index in [0.29, 0.717) is 11.6 Å². The Kier molecular flexibility index (Phi) is 6.84.